The Bertz CT molecular complexity index is 1070. The van der Waals surface area contributed by atoms with Crippen LogP contribution in [0.25, 0.3) is 22.2 Å². The number of pyridine rings is 1. The first-order valence-electron chi connectivity index (χ1n) is 9.03. The molecular weight excluding hydrogens is 390 g/mol. The Morgan fingerprint density at radius 2 is 1.90 bits per heavy atom. The average Bonchev–Trinajstić information content (AvgIpc) is 3.14. The smallest absolute Gasteiger partial charge is 0.255 e. The number of piperidine rings is 1. The molecule has 1 aromatic carbocycles. The van der Waals surface area contributed by atoms with Crippen LogP contribution in [-0.4, -0.2) is 34.8 Å². The minimum absolute atomic E-state index is 0.0442. The fourth-order valence-electron chi connectivity index (χ4n) is 3.36. The topological polar surface area (TPSA) is 72.4 Å². The SMILES string of the molecule is NCc1cc2cc(-c3ccc(C(=O)N4CCC(F)(F)CC4)cn3)c(F)c(F)c2o1. The average molecular weight is 407 g/mol. The van der Waals surface area contributed by atoms with E-state index in [2.05, 4.69) is 4.98 Å². The molecule has 0 spiro atoms. The molecule has 1 fully saturated rings. The Labute approximate surface area is 163 Å². The van der Waals surface area contributed by atoms with Gasteiger partial charge in [0.1, 0.15) is 5.76 Å². The lowest BCUT2D eigenvalue weighted by Crippen LogP contribution is -2.42. The number of hydrogen-bond acceptors (Lipinski definition) is 4. The number of hydrogen-bond donors (Lipinski definition) is 1. The van der Waals surface area contributed by atoms with E-state index in [0.717, 1.165) is 0 Å². The van der Waals surface area contributed by atoms with E-state index in [1.165, 1.54) is 35.4 Å². The van der Waals surface area contributed by atoms with Crippen LogP contribution in [0.2, 0.25) is 0 Å². The van der Waals surface area contributed by atoms with Crippen molar-refractivity contribution in [2.45, 2.75) is 25.3 Å². The molecule has 0 atom stereocenters. The third-order valence-electron chi connectivity index (χ3n) is 5.01. The Morgan fingerprint density at radius 1 is 1.17 bits per heavy atom. The van der Waals surface area contributed by atoms with E-state index in [1.807, 2.05) is 0 Å². The molecule has 1 aliphatic rings. The van der Waals surface area contributed by atoms with Gasteiger partial charge in [-0.2, -0.15) is 4.39 Å². The van der Waals surface area contributed by atoms with Crippen LogP contribution in [0.15, 0.2) is 34.9 Å². The van der Waals surface area contributed by atoms with E-state index in [4.69, 9.17) is 10.2 Å². The monoisotopic (exact) mass is 407 g/mol. The molecule has 3 aromatic rings. The number of nitrogens with two attached hydrogens (primary N) is 1. The number of furan rings is 1. The zero-order valence-electron chi connectivity index (χ0n) is 15.2. The van der Waals surface area contributed by atoms with E-state index in [0.29, 0.717) is 11.1 Å². The second kappa shape index (κ2) is 7.14. The maximum Gasteiger partial charge on any atom is 0.255 e. The van der Waals surface area contributed by atoms with Crippen molar-refractivity contribution in [2.24, 2.45) is 5.73 Å². The number of fused-ring (bicyclic) bond motifs is 1. The summed E-state index contributed by atoms with van der Waals surface area (Å²) in [4.78, 5) is 17.9. The van der Waals surface area contributed by atoms with Crippen molar-refractivity contribution in [3.8, 4) is 11.3 Å². The summed E-state index contributed by atoms with van der Waals surface area (Å²) < 4.78 is 60.6. The lowest BCUT2D eigenvalue weighted by atomic mass is 10.0. The largest absolute Gasteiger partial charge is 0.457 e. The molecule has 4 rings (SSSR count). The number of benzene rings is 1. The Morgan fingerprint density at radius 3 is 2.52 bits per heavy atom. The summed E-state index contributed by atoms with van der Waals surface area (Å²) in [6.07, 6.45) is 0.459. The number of rotatable bonds is 3. The van der Waals surface area contributed by atoms with E-state index in [1.54, 1.807) is 0 Å². The fraction of sp³-hybridized carbons (Fsp3) is 0.300. The molecule has 1 saturated heterocycles. The van der Waals surface area contributed by atoms with Gasteiger partial charge >= 0.3 is 0 Å². The van der Waals surface area contributed by atoms with Crippen molar-refractivity contribution < 1.29 is 26.8 Å². The molecule has 2 aromatic heterocycles. The van der Waals surface area contributed by atoms with Crippen LogP contribution >= 0.6 is 0 Å². The highest BCUT2D eigenvalue weighted by Gasteiger charge is 2.35. The number of carbonyl (C=O) groups excluding carboxylic acids is 1. The molecule has 3 heterocycles. The first kappa shape index (κ1) is 19.4. The summed E-state index contributed by atoms with van der Waals surface area (Å²) in [6.45, 7) is -0.0509. The molecule has 5 nitrogen and oxygen atoms in total. The number of nitrogens with zero attached hydrogens (tertiary/aromatic N) is 2. The van der Waals surface area contributed by atoms with Gasteiger partial charge in [0.15, 0.2) is 11.4 Å². The van der Waals surface area contributed by atoms with E-state index < -0.39 is 23.5 Å². The van der Waals surface area contributed by atoms with Gasteiger partial charge in [-0.25, -0.2) is 13.2 Å². The van der Waals surface area contributed by atoms with Crippen molar-refractivity contribution >= 4 is 16.9 Å². The number of carbonyl (C=O) groups is 1. The molecule has 1 amide bonds. The lowest BCUT2D eigenvalue weighted by Gasteiger charge is -2.31. The van der Waals surface area contributed by atoms with Crippen molar-refractivity contribution in [2.75, 3.05) is 13.1 Å². The molecule has 1 aliphatic heterocycles. The molecular formula is C20H17F4N3O2. The summed E-state index contributed by atoms with van der Waals surface area (Å²) >= 11 is 0. The minimum Gasteiger partial charge on any atom is -0.457 e. The zero-order valence-corrected chi connectivity index (χ0v) is 15.2. The van der Waals surface area contributed by atoms with Gasteiger partial charge in [-0.3, -0.25) is 9.78 Å². The standard InChI is InChI=1S/C20H17F4N3O2/c21-16-14(8-12-7-13(9-25)29-18(12)17(16)22)15-2-1-11(10-26-15)19(28)27-5-3-20(23,24)4-6-27/h1-2,7-8,10H,3-6,9,25H2. The molecule has 0 radical (unpaired) electrons. The van der Waals surface area contributed by atoms with Crippen LogP contribution in [0.5, 0.6) is 0 Å². The van der Waals surface area contributed by atoms with Crippen LogP contribution in [0.4, 0.5) is 17.6 Å². The van der Waals surface area contributed by atoms with Crippen LogP contribution in [-0.2, 0) is 6.54 Å². The highest BCUT2D eigenvalue weighted by atomic mass is 19.3. The first-order chi connectivity index (χ1) is 13.8. The minimum atomic E-state index is -2.75. The Kier molecular flexibility index (Phi) is 4.77. The van der Waals surface area contributed by atoms with Crippen LogP contribution in [0.3, 0.4) is 0 Å². The molecule has 0 aliphatic carbocycles. The summed E-state index contributed by atoms with van der Waals surface area (Å²) in [6, 6.07) is 5.72. The number of amides is 1. The maximum absolute atomic E-state index is 14.5. The highest BCUT2D eigenvalue weighted by molar-refractivity contribution is 5.94. The van der Waals surface area contributed by atoms with Crippen LogP contribution in [0.1, 0.15) is 29.0 Å². The molecule has 29 heavy (non-hydrogen) atoms. The van der Waals surface area contributed by atoms with Crippen molar-refractivity contribution in [3.05, 3.63) is 53.4 Å². The quantitative estimate of drug-likeness (QED) is 0.664. The normalized spacial score (nSPS) is 16.4. The van der Waals surface area contributed by atoms with E-state index >= 15 is 0 Å². The van der Waals surface area contributed by atoms with Gasteiger partial charge in [0, 0.05) is 43.1 Å². The molecule has 0 unspecified atom stereocenters. The summed E-state index contributed by atoms with van der Waals surface area (Å²) in [5, 5.41) is 0.343. The first-order valence-corrected chi connectivity index (χ1v) is 9.03. The summed E-state index contributed by atoms with van der Waals surface area (Å²) in [5.41, 5.74) is 5.48. The predicted octanol–water partition coefficient (Wildman–Crippen LogP) is 4.10. The van der Waals surface area contributed by atoms with E-state index in [9.17, 15) is 22.4 Å². The number of aromatic nitrogens is 1. The molecule has 2 N–H and O–H groups in total. The van der Waals surface area contributed by atoms with Gasteiger partial charge in [0.05, 0.1) is 17.8 Å². The van der Waals surface area contributed by atoms with Gasteiger partial charge in [0.2, 0.25) is 5.82 Å². The van der Waals surface area contributed by atoms with Crippen molar-refractivity contribution in [1.29, 1.82) is 0 Å². The van der Waals surface area contributed by atoms with Gasteiger partial charge in [0.25, 0.3) is 11.8 Å². The Balaban J connectivity index is 1.61. The molecule has 9 heteroatoms. The van der Waals surface area contributed by atoms with Gasteiger partial charge in [-0.05, 0) is 24.3 Å². The Hall–Kier alpha value is -2.94. The van der Waals surface area contributed by atoms with Crippen molar-refractivity contribution in [1.82, 2.24) is 9.88 Å². The fourth-order valence-corrected chi connectivity index (χ4v) is 3.36. The molecule has 0 saturated carbocycles. The second-order valence-electron chi connectivity index (χ2n) is 6.97. The van der Waals surface area contributed by atoms with E-state index in [-0.39, 0.29) is 54.9 Å². The van der Waals surface area contributed by atoms with Crippen molar-refractivity contribution in [3.63, 3.8) is 0 Å². The summed E-state index contributed by atoms with van der Waals surface area (Å²) in [7, 11) is 0. The molecule has 152 valence electrons. The van der Waals surface area contributed by atoms with Gasteiger partial charge in [-0.15, -0.1) is 0 Å². The number of likely N-dealkylation sites (tertiary alicyclic amines) is 1. The van der Waals surface area contributed by atoms with Gasteiger partial charge in [-0.1, -0.05) is 0 Å². The maximum atomic E-state index is 14.5. The lowest BCUT2D eigenvalue weighted by molar-refractivity contribution is -0.0494. The number of halogens is 4. The third-order valence-corrected chi connectivity index (χ3v) is 5.01. The van der Waals surface area contributed by atoms with Crippen LogP contribution in [0, 0.1) is 11.6 Å². The second-order valence-corrected chi connectivity index (χ2v) is 6.97. The highest BCUT2D eigenvalue weighted by Crippen LogP contribution is 2.32. The zero-order chi connectivity index (χ0) is 20.8. The van der Waals surface area contributed by atoms with Crippen LogP contribution < -0.4 is 5.73 Å². The summed E-state index contributed by atoms with van der Waals surface area (Å²) in [5.74, 6) is -5.13. The number of alkyl halides is 2. The molecule has 0 bridgehead atoms. The third kappa shape index (κ3) is 3.57. The van der Waals surface area contributed by atoms with Gasteiger partial charge < -0.3 is 15.1 Å². The predicted molar refractivity (Wildman–Crippen MR) is 97.3 cm³/mol.